The lowest BCUT2D eigenvalue weighted by atomic mass is 10.2. The fourth-order valence-corrected chi connectivity index (χ4v) is 1.11. The SMILES string of the molecule is CN(CC(F)F)c1nnccc1C(=N)N. The van der Waals surface area contributed by atoms with Crippen LogP contribution in [0.1, 0.15) is 5.56 Å². The average Bonchev–Trinajstić information content (AvgIpc) is 2.16. The molecule has 0 atom stereocenters. The van der Waals surface area contributed by atoms with E-state index in [1.165, 1.54) is 24.2 Å². The number of nitrogens with zero attached hydrogens (tertiary/aromatic N) is 3. The number of alkyl halides is 2. The number of anilines is 1. The van der Waals surface area contributed by atoms with Gasteiger partial charge < -0.3 is 10.6 Å². The van der Waals surface area contributed by atoms with Crippen LogP contribution in [0.5, 0.6) is 0 Å². The van der Waals surface area contributed by atoms with E-state index in [2.05, 4.69) is 10.2 Å². The molecular weight excluding hydrogens is 204 g/mol. The number of aromatic nitrogens is 2. The normalized spacial score (nSPS) is 10.4. The summed E-state index contributed by atoms with van der Waals surface area (Å²) in [5.41, 5.74) is 5.58. The maximum Gasteiger partial charge on any atom is 0.255 e. The summed E-state index contributed by atoms with van der Waals surface area (Å²) >= 11 is 0. The zero-order valence-electron chi connectivity index (χ0n) is 8.11. The predicted molar refractivity (Wildman–Crippen MR) is 52.3 cm³/mol. The van der Waals surface area contributed by atoms with E-state index in [-0.39, 0.29) is 11.7 Å². The lowest BCUT2D eigenvalue weighted by molar-refractivity contribution is 0.156. The summed E-state index contributed by atoms with van der Waals surface area (Å²) in [6.45, 7) is -0.473. The van der Waals surface area contributed by atoms with Crippen LogP contribution in [0.25, 0.3) is 0 Å². The van der Waals surface area contributed by atoms with Gasteiger partial charge in [0.1, 0.15) is 5.84 Å². The fraction of sp³-hybridized carbons (Fsp3) is 0.375. The van der Waals surface area contributed by atoms with Crippen molar-refractivity contribution < 1.29 is 8.78 Å². The van der Waals surface area contributed by atoms with Crippen molar-refractivity contribution in [2.45, 2.75) is 6.43 Å². The molecule has 0 bridgehead atoms. The van der Waals surface area contributed by atoms with Gasteiger partial charge in [0.15, 0.2) is 5.82 Å². The molecule has 0 aliphatic rings. The van der Waals surface area contributed by atoms with Crippen molar-refractivity contribution in [2.24, 2.45) is 5.73 Å². The first-order chi connectivity index (χ1) is 7.02. The molecule has 82 valence electrons. The second-order valence-corrected chi connectivity index (χ2v) is 2.95. The molecule has 1 aromatic heterocycles. The van der Waals surface area contributed by atoms with Gasteiger partial charge in [-0.2, -0.15) is 5.10 Å². The van der Waals surface area contributed by atoms with E-state index < -0.39 is 13.0 Å². The summed E-state index contributed by atoms with van der Waals surface area (Å²) in [6, 6.07) is 1.46. The van der Waals surface area contributed by atoms with E-state index in [0.29, 0.717) is 5.56 Å². The number of nitrogen functional groups attached to an aromatic ring is 1. The molecule has 3 N–H and O–H groups in total. The van der Waals surface area contributed by atoms with Gasteiger partial charge >= 0.3 is 0 Å². The Labute approximate surface area is 85.4 Å². The second kappa shape index (κ2) is 4.63. The highest BCUT2D eigenvalue weighted by Crippen LogP contribution is 2.14. The highest BCUT2D eigenvalue weighted by atomic mass is 19.3. The Balaban J connectivity index is 2.97. The molecule has 0 aliphatic carbocycles. The van der Waals surface area contributed by atoms with Gasteiger partial charge in [-0.05, 0) is 6.07 Å². The molecule has 1 heterocycles. The third kappa shape index (κ3) is 2.83. The van der Waals surface area contributed by atoms with Crippen LogP contribution in [0, 0.1) is 5.41 Å². The lowest BCUT2D eigenvalue weighted by Gasteiger charge is -2.18. The van der Waals surface area contributed by atoms with Crippen molar-refractivity contribution in [3.05, 3.63) is 17.8 Å². The van der Waals surface area contributed by atoms with E-state index in [4.69, 9.17) is 11.1 Å². The Morgan fingerprint density at radius 3 is 2.87 bits per heavy atom. The van der Waals surface area contributed by atoms with Crippen molar-refractivity contribution in [2.75, 3.05) is 18.5 Å². The Morgan fingerprint density at radius 1 is 1.67 bits per heavy atom. The van der Waals surface area contributed by atoms with Gasteiger partial charge in [-0.25, -0.2) is 8.78 Å². The Bertz CT molecular complexity index is 355. The van der Waals surface area contributed by atoms with Gasteiger partial charge in [-0.3, -0.25) is 5.41 Å². The first-order valence-corrected chi connectivity index (χ1v) is 4.17. The van der Waals surface area contributed by atoms with Crippen LogP contribution in [0.15, 0.2) is 12.3 Å². The maximum atomic E-state index is 12.1. The van der Waals surface area contributed by atoms with E-state index in [0.717, 1.165) is 0 Å². The molecule has 0 aromatic carbocycles. The molecule has 1 rings (SSSR count). The van der Waals surface area contributed by atoms with Crippen LogP contribution in [0.2, 0.25) is 0 Å². The summed E-state index contributed by atoms with van der Waals surface area (Å²) < 4.78 is 24.3. The minimum Gasteiger partial charge on any atom is -0.384 e. The highest BCUT2D eigenvalue weighted by Gasteiger charge is 2.15. The number of halogens is 2. The summed E-state index contributed by atoms with van der Waals surface area (Å²) in [4.78, 5) is 1.22. The number of hydrogen-bond acceptors (Lipinski definition) is 4. The van der Waals surface area contributed by atoms with Crippen molar-refractivity contribution >= 4 is 11.7 Å². The molecular formula is C8H11F2N5. The third-order valence-electron chi connectivity index (χ3n) is 1.76. The number of rotatable bonds is 4. The Morgan fingerprint density at radius 2 is 2.33 bits per heavy atom. The molecule has 0 radical (unpaired) electrons. The minimum atomic E-state index is -2.48. The maximum absolute atomic E-state index is 12.1. The van der Waals surface area contributed by atoms with Crippen molar-refractivity contribution in [3.63, 3.8) is 0 Å². The summed E-state index contributed by atoms with van der Waals surface area (Å²) in [6.07, 6.45) is -1.12. The monoisotopic (exact) mass is 215 g/mol. The van der Waals surface area contributed by atoms with Gasteiger partial charge in [0, 0.05) is 7.05 Å². The predicted octanol–water partition coefficient (Wildman–Crippen LogP) is 0.462. The van der Waals surface area contributed by atoms with Crippen LogP contribution in [-0.2, 0) is 0 Å². The minimum absolute atomic E-state index is 0.185. The molecule has 7 heteroatoms. The lowest BCUT2D eigenvalue weighted by Crippen LogP contribution is -2.28. The van der Waals surface area contributed by atoms with Crippen LogP contribution in [0.3, 0.4) is 0 Å². The molecule has 5 nitrogen and oxygen atoms in total. The van der Waals surface area contributed by atoms with Gasteiger partial charge in [-0.15, -0.1) is 5.10 Å². The standard InChI is InChI=1S/C8H11F2N5/c1-15(4-6(9)10)8-5(7(11)12)2-3-13-14-8/h2-3,6H,4H2,1H3,(H3,11,12). The fourth-order valence-electron chi connectivity index (χ4n) is 1.11. The third-order valence-corrected chi connectivity index (χ3v) is 1.76. The van der Waals surface area contributed by atoms with Crippen molar-refractivity contribution in [1.82, 2.24) is 10.2 Å². The summed E-state index contributed by atoms with van der Waals surface area (Å²) in [7, 11) is 1.45. The first-order valence-electron chi connectivity index (χ1n) is 4.17. The van der Waals surface area contributed by atoms with Gasteiger partial charge in [-0.1, -0.05) is 0 Å². The molecule has 1 aromatic rings. The number of hydrogen-bond donors (Lipinski definition) is 2. The van der Waals surface area contributed by atoms with E-state index in [9.17, 15) is 8.78 Å². The van der Waals surface area contributed by atoms with Crippen LogP contribution in [-0.4, -0.2) is 36.1 Å². The highest BCUT2D eigenvalue weighted by molar-refractivity contribution is 5.99. The van der Waals surface area contributed by atoms with Gasteiger partial charge in [0.25, 0.3) is 6.43 Å². The summed E-state index contributed by atoms with van der Waals surface area (Å²) in [5.74, 6) is -0.0358. The molecule has 0 fully saturated rings. The zero-order chi connectivity index (χ0) is 11.4. The molecule has 15 heavy (non-hydrogen) atoms. The number of nitrogens with two attached hydrogens (primary N) is 1. The van der Waals surface area contributed by atoms with Crippen LogP contribution >= 0.6 is 0 Å². The molecule has 0 saturated carbocycles. The van der Waals surface area contributed by atoms with Crippen molar-refractivity contribution in [1.29, 1.82) is 5.41 Å². The quantitative estimate of drug-likeness (QED) is 0.565. The molecule has 0 saturated heterocycles. The largest absolute Gasteiger partial charge is 0.384 e. The zero-order valence-corrected chi connectivity index (χ0v) is 8.11. The molecule has 0 unspecified atom stereocenters. The molecule has 0 aliphatic heterocycles. The van der Waals surface area contributed by atoms with Crippen LogP contribution < -0.4 is 10.6 Å². The van der Waals surface area contributed by atoms with Crippen LogP contribution in [0.4, 0.5) is 14.6 Å². The smallest absolute Gasteiger partial charge is 0.255 e. The molecule has 0 spiro atoms. The topological polar surface area (TPSA) is 78.9 Å². The van der Waals surface area contributed by atoms with Gasteiger partial charge in [0.2, 0.25) is 0 Å². The van der Waals surface area contributed by atoms with E-state index in [1.807, 2.05) is 0 Å². The molecule has 0 amide bonds. The second-order valence-electron chi connectivity index (χ2n) is 2.95. The van der Waals surface area contributed by atoms with Crippen molar-refractivity contribution in [3.8, 4) is 0 Å². The summed E-state index contributed by atoms with van der Waals surface area (Å²) in [5, 5.41) is 14.5. The van der Waals surface area contributed by atoms with E-state index >= 15 is 0 Å². The average molecular weight is 215 g/mol. The number of nitrogens with one attached hydrogen (secondary N) is 1. The number of amidine groups is 1. The Kier molecular flexibility index (Phi) is 3.48. The van der Waals surface area contributed by atoms with E-state index in [1.54, 1.807) is 0 Å². The first kappa shape index (κ1) is 11.3. The Hall–Kier alpha value is -1.79. The van der Waals surface area contributed by atoms with Gasteiger partial charge in [0.05, 0.1) is 18.3 Å².